The minimum absolute atomic E-state index is 0.712. The second-order valence-corrected chi connectivity index (χ2v) is 6.73. The SMILES string of the molecule is CCNC1CCCCCC1N(C)CC1CCCN1CC. The van der Waals surface area contributed by atoms with Crippen molar-refractivity contribution in [2.24, 2.45) is 0 Å². The van der Waals surface area contributed by atoms with Crippen LogP contribution in [0.5, 0.6) is 0 Å². The largest absolute Gasteiger partial charge is 0.313 e. The summed E-state index contributed by atoms with van der Waals surface area (Å²) in [4.78, 5) is 5.35. The molecule has 1 saturated carbocycles. The van der Waals surface area contributed by atoms with Crippen LogP contribution in [-0.4, -0.2) is 61.2 Å². The minimum atomic E-state index is 0.712. The van der Waals surface area contributed by atoms with E-state index < -0.39 is 0 Å². The van der Waals surface area contributed by atoms with Gasteiger partial charge in [0.2, 0.25) is 0 Å². The van der Waals surface area contributed by atoms with Crippen LogP contribution >= 0.6 is 0 Å². The standard InChI is InChI=1S/C17H35N3/c1-4-18-16-11-7-6-8-12-17(16)19(3)14-15-10-9-13-20(15)5-2/h15-18H,4-14H2,1-3H3. The summed E-state index contributed by atoms with van der Waals surface area (Å²) in [7, 11) is 2.37. The maximum atomic E-state index is 3.75. The second-order valence-electron chi connectivity index (χ2n) is 6.73. The molecule has 1 N–H and O–H groups in total. The fraction of sp³-hybridized carbons (Fsp3) is 1.00. The molecule has 118 valence electrons. The van der Waals surface area contributed by atoms with Gasteiger partial charge in [-0.2, -0.15) is 0 Å². The van der Waals surface area contributed by atoms with E-state index in [0.29, 0.717) is 6.04 Å². The zero-order chi connectivity index (χ0) is 14.4. The van der Waals surface area contributed by atoms with Gasteiger partial charge in [0.25, 0.3) is 0 Å². The number of nitrogens with zero attached hydrogens (tertiary/aromatic N) is 2. The van der Waals surface area contributed by atoms with Gasteiger partial charge in [-0.25, -0.2) is 0 Å². The zero-order valence-corrected chi connectivity index (χ0v) is 13.9. The van der Waals surface area contributed by atoms with E-state index in [2.05, 4.69) is 36.0 Å². The zero-order valence-electron chi connectivity index (χ0n) is 13.9. The molecule has 0 aromatic rings. The summed E-state index contributed by atoms with van der Waals surface area (Å²) in [5.41, 5.74) is 0. The summed E-state index contributed by atoms with van der Waals surface area (Å²) < 4.78 is 0. The van der Waals surface area contributed by atoms with Crippen molar-refractivity contribution in [3.05, 3.63) is 0 Å². The Kier molecular flexibility index (Phi) is 6.79. The van der Waals surface area contributed by atoms with E-state index in [1.807, 2.05) is 0 Å². The molecule has 2 rings (SSSR count). The highest BCUT2D eigenvalue weighted by Crippen LogP contribution is 2.24. The first-order valence-electron chi connectivity index (χ1n) is 8.94. The van der Waals surface area contributed by atoms with E-state index in [0.717, 1.165) is 18.6 Å². The lowest BCUT2D eigenvalue weighted by molar-refractivity contribution is 0.134. The fourth-order valence-corrected chi connectivity index (χ4v) is 4.30. The summed E-state index contributed by atoms with van der Waals surface area (Å²) in [6.07, 6.45) is 9.80. The lowest BCUT2D eigenvalue weighted by atomic mass is 10.0. The quantitative estimate of drug-likeness (QED) is 0.755. The first-order chi connectivity index (χ1) is 9.76. The van der Waals surface area contributed by atoms with Gasteiger partial charge in [-0.3, -0.25) is 4.90 Å². The molecule has 3 heteroatoms. The Morgan fingerprint density at radius 2 is 1.85 bits per heavy atom. The molecule has 3 unspecified atom stereocenters. The average Bonchev–Trinajstić information content (AvgIpc) is 2.75. The summed E-state index contributed by atoms with van der Waals surface area (Å²) in [6.45, 7) is 9.47. The highest BCUT2D eigenvalue weighted by molar-refractivity contribution is 4.89. The smallest absolute Gasteiger partial charge is 0.0246 e. The van der Waals surface area contributed by atoms with E-state index in [-0.39, 0.29) is 0 Å². The molecule has 3 nitrogen and oxygen atoms in total. The Hall–Kier alpha value is -0.120. The number of hydrogen-bond acceptors (Lipinski definition) is 3. The van der Waals surface area contributed by atoms with Crippen LogP contribution in [0, 0.1) is 0 Å². The fourth-order valence-electron chi connectivity index (χ4n) is 4.30. The Bertz CT molecular complexity index is 269. The van der Waals surface area contributed by atoms with Gasteiger partial charge in [-0.05, 0) is 52.4 Å². The van der Waals surface area contributed by atoms with Crippen molar-refractivity contribution in [1.29, 1.82) is 0 Å². The summed E-state index contributed by atoms with van der Waals surface area (Å²) in [5, 5.41) is 3.75. The number of likely N-dealkylation sites (N-methyl/N-ethyl adjacent to an activating group) is 3. The number of rotatable bonds is 6. The molecule has 2 aliphatic rings. The Balaban J connectivity index is 1.92. The van der Waals surface area contributed by atoms with E-state index in [1.54, 1.807) is 0 Å². The molecule has 0 aromatic heterocycles. The minimum Gasteiger partial charge on any atom is -0.313 e. The van der Waals surface area contributed by atoms with Gasteiger partial charge in [-0.1, -0.05) is 33.1 Å². The molecular weight excluding hydrogens is 246 g/mol. The van der Waals surface area contributed by atoms with Gasteiger partial charge in [0.15, 0.2) is 0 Å². The lowest BCUT2D eigenvalue weighted by Crippen LogP contribution is -2.51. The molecule has 0 aromatic carbocycles. The van der Waals surface area contributed by atoms with Crippen molar-refractivity contribution < 1.29 is 0 Å². The van der Waals surface area contributed by atoms with Gasteiger partial charge < -0.3 is 10.2 Å². The molecular formula is C17H35N3. The predicted octanol–water partition coefficient (Wildman–Crippen LogP) is 2.71. The predicted molar refractivity (Wildman–Crippen MR) is 87.2 cm³/mol. The Morgan fingerprint density at radius 1 is 1.05 bits per heavy atom. The first kappa shape index (κ1) is 16.3. The third-order valence-corrected chi connectivity index (χ3v) is 5.42. The van der Waals surface area contributed by atoms with Crippen LogP contribution in [-0.2, 0) is 0 Å². The monoisotopic (exact) mass is 281 g/mol. The third-order valence-electron chi connectivity index (χ3n) is 5.42. The van der Waals surface area contributed by atoms with Gasteiger partial charge >= 0.3 is 0 Å². The van der Waals surface area contributed by atoms with Crippen molar-refractivity contribution in [1.82, 2.24) is 15.1 Å². The van der Waals surface area contributed by atoms with Gasteiger partial charge in [0, 0.05) is 24.7 Å². The van der Waals surface area contributed by atoms with Crippen molar-refractivity contribution in [2.75, 3.05) is 33.2 Å². The molecule has 0 spiro atoms. The summed E-state index contributed by atoms with van der Waals surface area (Å²) in [5.74, 6) is 0. The van der Waals surface area contributed by atoms with E-state index in [9.17, 15) is 0 Å². The van der Waals surface area contributed by atoms with Gasteiger partial charge in [-0.15, -0.1) is 0 Å². The number of nitrogens with one attached hydrogen (secondary N) is 1. The molecule has 20 heavy (non-hydrogen) atoms. The molecule has 1 saturated heterocycles. The number of hydrogen-bond donors (Lipinski definition) is 1. The molecule has 1 aliphatic carbocycles. The van der Waals surface area contributed by atoms with Crippen LogP contribution in [0.2, 0.25) is 0 Å². The molecule has 0 radical (unpaired) electrons. The highest BCUT2D eigenvalue weighted by Gasteiger charge is 2.30. The Labute approximate surface area is 126 Å². The van der Waals surface area contributed by atoms with E-state index in [1.165, 1.54) is 64.6 Å². The van der Waals surface area contributed by atoms with Crippen LogP contribution < -0.4 is 5.32 Å². The average molecular weight is 281 g/mol. The van der Waals surface area contributed by atoms with Crippen LogP contribution in [0.1, 0.15) is 58.8 Å². The van der Waals surface area contributed by atoms with Gasteiger partial charge in [0.1, 0.15) is 0 Å². The van der Waals surface area contributed by atoms with Crippen LogP contribution in [0.3, 0.4) is 0 Å². The lowest BCUT2D eigenvalue weighted by Gasteiger charge is -2.37. The van der Waals surface area contributed by atoms with Gasteiger partial charge in [0.05, 0.1) is 0 Å². The maximum Gasteiger partial charge on any atom is 0.0246 e. The molecule has 3 atom stereocenters. The summed E-state index contributed by atoms with van der Waals surface area (Å²) in [6, 6.07) is 2.26. The molecule has 1 aliphatic heterocycles. The Morgan fingerprint density at radius 3 is 2.60 bits per heavy atom. The van der Waals surface area contributed by atoms with Crippen molar-refractivity contribution in [3.63, 3.8) is 0 Å². The molecule has 0 amide bonds. The highest BCUT2D eigenvalue weighted by atomic mass is 15.2. The van der Waals surface area contributed by atoms with Crippen LogP contribution in [0.4, 0.5) is 0 Å². The maximum absolute atomic E-state index is 3.75. The van der Waals surface area contributed by atoms with E-state index in [4.69, 9.17) is 0 Å². The second kappa shape index (κ2) is 8.35. The first-order valence-corrected chi connectivity index (χ1v) is 8.94. The van der Waals surface area contributed by atoms with Crippen LogP contribution in [0.25, 0.3) is 0 Å². The molecule has 1 heterocycles. The van der Waals surface area contributed by atoms with Crippen molar-refractivity contribution in [2.45, 2.75) is 76.9 Å². The van der Waals surface area contributed by atoms with Crippen molar-refractivity contribution in [3.8, 4) is 0 Å². The van der Waals surface area contributed by atoms with Crippen LogP contribution in [0.15, 0.2) is 0 Å². The molecule has 0 bridgehead atoms. The van der Waals surface area contributed by atoms with Crippen molar-refractivity contribution >= 4 is 0 Å². The number of likely N-dealkylation sites (tertiary alicyclic amines) is 1. The van der Waals surface area contributed by atoms with E-state index >= 15 is 0 Å². The summed E-state index contributed by atoms with van der Waals surface area (Å²) >= 11 is 0. The third kappa shape index (κ3) is 4.19. The molecule has 2 fully saturated rings. The normalized spacial score (nSPS) is 32.7. The topological polar surface area (TPSA) is 18.5 Å².